The molecule has 0 atom stereocenters. The van der Waals surface area contributed by atoms with Gasteiger partial charge in [-0.1, -0.05) is 5.21 Å². The van der Waals surface area contributed by atoms with Crippen LogP contribution in [0.3, 0.4) is 0 Å². The topological polar surface area (TPSA) is 226 Å². The fourth-order valence-corrected chi connectivity index (χ4v) is 7.61. The van der Waals surface area contributed by atoms with Crippen molar-refractivity contribution >= 4 is 62.9 Å². The number of aromatic nitrogens is 4. The molecular formula is C43H42N6O11S2. The van der Waals surface area contributed by atoms with Gasteiger partial charge in [0.1, 0.15) is 46.0 Å². The summed E-state index contributed by atoms with van der Waals surface area (Å²) in [5, 5.41) is 34.4. The van der Waals surface area contributed by atoms with Crippen molar-refractivity contribution in [2.24, 2.45) is 0 Å². The van der Waals surface area contributed by atoms with Gasteiger partial charge in [-0.2, -0.15) is 0 Å². The second-order valence-corrected chi connectivity index (χ2v) is 15.6. The van der Waals surface area contributed by atoms with E-state index in [1.54, 1.807) is 18.3 Å². The van der Waals surface area contributed by atoms with Gasteiger partial charge in [-0.3, -0.25) is 14.4 Å². The largest absolute Gasteiger partial charge is 0.508 e. The molecule has 1 aliphatic heterocycles. The number of carbonyl (C=O) groups excluding carboxylic acids is 2. The van der Waals surface area contributed by atoms with Gasteiger partial charge in [0.15, 0.2) is 5.43 Å². The van der Waals surface area contributed by atoms with Crippen molar-refractivity contribution in [3.8, 4) is 33.9 Å². The Morgan fingerprint density at radius 2 is 1.60 bits per heavy atom. The van der Waals surface area contributed by atoms with E-state index in [1.807, 2.05) is 18.2 Å². The third-order valence-corrected chi connectivity index (χ3v) is 10.6. The Labute approximate surface area is 363 Å². The van der Waals surface area contributed by atoms with Crippen LogP contribution in [0.1, 0.15) is 39.3 Å². The average Bonchev–Trinajstić information content (AvgIpc) is 3.87. The Balaban J connectivity index is 0.737. The number of amides is 2. The van der Waals surface area contributed by atoms with Crippen molar-refractivity contribution in [2.45, 2.75) is 30.3 Å². The van der Waals surface area contributed by atoms with Gasteiger partial charge in [-0.15, -0.1) is 29.1 Å². The summed E-state index contributed by atoms with van der Waals surface area (Å²) in [4.78, 5) is 54.3. The lowest BCUT2D eigenvalue weighted by molar-refractivity contribution is -0.121. The van der Waals surface area contributed by atoms with Crippen LogP contribution in [0, 0.1) is 0 Å². The smallest absolute Gasteiger partial charge is 0.336 e. The first kappa shape index (κ1) is 43.7. The number of hydrogen-bond donors (Lipinski definition) is 5. The number of aromatic carboxylic acids is 1. The van der Waals surface area contributed by atoms with Crippen LogP contribution < -0.4 is 20.8 Å². The number of rotatable bonds is 22. The predicted molar refractivity (Wildman–Crippen MR) is 231 cm³/mol. The molecule has 0 saturated carbocycles. The first-order chi connectivity index (χ1) is 30.1. The lowest BCUT2D eigenvalue weighted by atomic mass is 9.89. The molecule has 322 valence electrons. The van der Waals surface area contributed by atoms with Gasteiger partial charge in [0, 0.05) is 60.5 Å². The van der Waals surface area contributed by atoms with E-state index in [2.05, 4.69) is 38.6 Å². The summed E-state index contributed by atoms with van der Waals surface area (Å²) in [6, 6.07) is 18.5. The Morgan fingerprint density at radius 3 is 2.37 bits per heavy atom. The molecule has 2 aromatic heterocycles. The van der Waals surface area contributed by atoms with E-state index < -0.39 is 11.9 Å². The fraction of sp³-hybridized carbons (Fsp3) is 0.279. The molecule has 7 rings (SSSR count). The number of fused-ring (bicyclic) bond motifs is 3. The summed E-state index contributed by atoms with van der Waals surface area (Å²) in [7, 11) is 0. The lowest BCUT2D eigenvalue weighted by Gasteiger charge is -2.17. The van der Waals surface area contributed by atoms with E-state index in [0.29, 0.717) is 97.9 Å². The van der Waals surface area contributed by atoms with Crippen molar-refractivity contribution in [1.82, 2.24) is 30.6 Å². The molecular weight excluding hydrogens is 841 g/mol. The quantitative estimate of drug-likeness (QED) is 0.0326. The SMILES string of the molecule is O=C(Cn1cc(COc2ccc3nc(S)sc3c2)nn1)NCCCOCCOCCOCCCNC(=O)c1ccc(C(=O)O)c(-c2c3ccc(=O)cc-3oc3cc(O)ccc23)c1. The van der Waals surface area contributed by atoms with Crippen molar-refractivity contribution in [2.75, 3.05) is 52.7 Å². The van der Waals surface area contributed by atoms with Crippen molar-refractivity contribution in [3.05, 3.63) is 106 Å². The minimum Gasteiger partial charge on any atom is -0.508 e. The number of carbonyl (C=O) groups is 3. The molecule has 3 aromatic carbocycles. The number of aromatic hydroxyl groups is 1. The van der Waals surface area contributed by atoms with Crippen LogP contribution in [0.25, 0.3) is 43.6 Å². The highest BCUT2D eigenvalue weighted by molar-refractivity contribution is 7.82. The van der Waals surface area contributed by atoms with Crippen molar-refractivity contribution in [1.29, 1.82) is 0 Å². The molecule has 5 aromatic rings. The molecule has 0 spiro atoms. The molecule has 0 unspecified atom stereocenters. The molecule has 0 fully saturated rings. The van der Waals surface area contributed by atoms with Gasteiger partial charge in [-0.25, -0.2) is 14.5 Å². The maximum Gasteiger partial charge on any atom is 0.336 e. The number of hydrogen-bond acceptors (Lipinski definition) is 15. The lowest BCUT2D eigenvalue weighted by Crippen LogP contribution is -2.29. The van der Waals surface area contributed by atoms with Crippen LogP contribution in [-0.4, -0.2) is 101 Å². The first-order valence-electron chi connectivity index (χ1n) is 19.6. The molecule has 2 amide bonds. The van der Waals surface area contributed by atoms with Gasteiger partial charge in [-0.05, 0) is 79.1 Å². The van der Waals surface area contributed by atoms with Gasteiger partial charge >= 0.3 is 5.97 Å². The third-order valence-electron chi connectivity index (χ3n) is 9.37. The van der Waals surface area contributed by atoms with E-state index in [0.717, 1.165) is 10.2 Å². The second-order valence-electron chi connectivity index (χ2n) is 13.9. The van der Waals surface area contributed by atoms with E-state index in [1.165, 1.54) is 58.5 Å². The maximum absolute atomic E-state index is 13.2. The van der Waals surface area contributed by atoms with Gasteiger partial charge in [0.25, 0.3) is 5.91 Å². The number of nitrogens with zero attached hydrogens (tertiary/aromatic N) is 4. The van der Waals surface area contributed by atoms with E-state index >= 15 is 0 Å². The Bertz CT molecular complexity index is 2720. The summed E-state index contributed by atoms with van der Waals surface area (Å²) in [6.07, 6.45) is 2.83. The number of thiazole rings is 1. The average molecular weight is 883 g/mol. The van der Waals surface area contributed by atoms with Crippen LogP contribution in [0.4, 0.5) is 0 Å². The predicted octanol–water partition coefficient (Wildman–Crippen LogP) is 5.41. The zero-order chi connectivity index (χ0) is 43.4. The van der Waals surface area contributed by atoms with E-state index in [4.69, 9.17) is 23.4 Å². The third kappa shape index (κ3) is 11.5. The number of phenolic OH excluding ortho intramolecular Hbond substituents is 1. The minimum absolute atomic E-state index is 0.0329. The van der Waals surface area contributed by atoms with Crippen LogP contribution in [0.5, 0.6) is 11.5 Å². The van der Waals surface area contributed by atoms with Crippen LogP contribution in [0.15, 0.2) is 92.5 Å². The molecule has 3 heterocycles. The zero-order valence-corrected chi connectivity index (χ0v) is 34.9. The number of benzene rings is 4. The molecule has 1 aliphatic carbocycles. The second kappa shape index (κ2) is 20.9. The summed E-state index contributed by atoms with van der Waals surface area (Å²) in [5.41, 5.74) is 2.77. The highest BCUT2D eigenvalue weighted by atomic mass is 32.2. The first-order valence-corrected chi connectivity index (χ1v) is 20.8. The minimum atomic E-state index is -1.20. The van der Waals surface area contributed by atoms with E-state index in [-0.39, 0.29) is 58.3 Å². The monoisotopic (exact) mass is 882 g/mol. The fourth-order valence-electron chi connectivity index (χ4n) is 6.48. The standard InChI is InChI=1S/C43H42N6O11S2/c50-28-4-8-32-36(20-28)60-37-21-29(51)5-9-33(37)40(32)34-19-26(3-7-31(34)42(54)55)41(53)45-12-2-14-57-16-18-58-17-15-56-13-1-11-44-39(52)24-49-23-27(47-48-49)25-59-30-6-10-35-38(22-30)62-43(61)46-35/h3-10,19-23,50H,1-2,11-18,24-25H2,(H,44,52)(H,45,53)(H,46,61)(H,54,55). The Morgan fingerprint density at radius 1 is 0.839 bits per heavy atom. The summed E-state index contributed by atoms with van der Waals surface area (Å²) >= 11 is 5.76. The van der Waals surface area contributed by atoms with Crippen LogP contribution >= 0.6 is 24.0 Å². The highest BCUT2D eigenvalue weighted by Crippen LogP contribution is 2.42. The molecule has 0 radical (unpaired) electrons. The maximum atomic E-state index is 13.2. The number of phenols is 1. The molecule has 19 heteroatoms. The van der Waals surface area contributed by atoms with Crippen molar-refractivity contribution in [3.63, 3.8) is 0 Å². The van der Waals surface area contributed by atoms with Gasteiger partial charge < -0.3 is 44.2 Å². The molecule has 4 N–H and O–H groups in total. The molecule has 2 aliphatic rings. The molecule has 0 bridgehead atoms. The Hall–Kier alpha value is -6.38. The molecule has 0 saturated heterocycles. The van der Waals surface area contributed by atoms with Gasteiger partial charge in [0.2, 0.25) is 5.91 Å². The summed E-state index contributed by atoms with van der Waals surface area (Å²) in [6.45, 7) is 3.34. The van der Waals surface area contributed by atoms with Crippen molar-refractivity contribution < 1.29 is 48.0 Å². The number of nitrogens with one attached hydrogen (secondary N) is 2. The van der Waals surface area contributed by atoms with E-state index in [9.17, 15) is 29.4 Å². The summed E-state index contributed by atoms with van der Waals surface area (Å²) in [5.74, 6) is -0.973. The molecule has 62 heavy (non-hydrogen) atoms. The molecule has 17 nitrogen and oxygen atoms in total. The highest BCUT2D eigenvalue weighted by Gasteiger charge is 2.23. The van der Waals surface area contributed by atoms with Gasteiger partial charge in [0.05, 0.1) is 48.4 Å². The van der Waals surface area contributed by atoms with Crippen LogP contribution in [-0.2, 0) is 32.2 Å². The zero-order valence-electron chi connectivity index (χ0n) is 33.2. The number of ether oxygens (including phenoxy) is 4. The summed E-state index contributed by atoms with van der Waals surface area (Å²) < 4.78 is 31.6. The van der Waals surface area contributed by atoms with Crippen LogP contribution in [0.2, 0.25) is 0 Å². The normalized spacial score (nSPS) is 11.4. The number of thiol groups is 1. The number of carboxylic acid groups (broad SMARTS) is 1. The Kier molecular flexibility index (Phi) is 14.8. The number of carboxylic acids is 1.